The molecular weight excluding hydrogens is 232 g/mol. The van der Waals surface area contributed by atoms with Crippen molar-refractivity contribution >= 4 is 17.4 Å². The van der Waals surface area contributed by atoms with Crippen LogP contribution in [-0.2, 0) is 0 Å². The van der Waals surface area contributed by atoms with Gasteiger partial charge in [-0.2, -0.15) is 9.61 Å². The summed E-state index contributed by atoms with van der Waals surface area (Å²) in [4.78, 5) is 15.1. The first kappa shape index (κ1) is 12.3. The molecular formula is C12H16N4O2. The van der Waals surface area contributed by atoms with E-state index in [9.17, 15) is 4.79 Å². The van der Waals surface area contributed by atoms with Crippen LogP contribution in [0.2, 0.25) is 0 Å². The number of carboxylic acid groups (broad SMARTS) is 1. The third-order valence-corrected chi connectivity index (χ3v) is 2.61. The zero-order valence-electron chi connectivity index (χ0n) is 10.6. The number of rotatable bonds is 4. The number of carbonyl (C=O) groups is 1. The molecule has 2 rings (SSSR count). The molecule has 2 heterocycles. The van der Waals surface area contributed by atoms with Gasteiger partial charge in [0.15, 0.2) is 11.3 Å². The van der Waals surface area contributed by atoms with Gasteiger partial charge in [-0.3, -0.25) is 0 Å². The fourth-order valence-electron chi connectivity index (χ4n) is 1.69. The second-order valence-electron chi connectivity index (χ2n) is 4.36. The largest absolute Gasteiger partial charge is 0.477 e. The average molecular weight is 248 g/mol. The van der Waals surface area contributed by atoms with Gasteiger partial charge in [-0.1, -0.05) is 13.8 Å². The van der Waals surface area contributed by atoms with Gasteiger partial charge < -0.3 is 10.4 Å². The fraction of sp³-hybridized carbons (Fsp3) is 0.417. The lowest BCUT2D eigenvalue weighted by Crippen LogP contribution is -2.09. The van der Waals surface area contributed by atoms with Crippen molar-refractivity contribution < 1.29 is 9.90 Å². The van der Waals surface area contributed by atoms with Gasteiger partial charge in [-0.05, 0) is 12.8 Å². The Labute approximate surface area is 105 Å². The van der Waals surface area contributed by atoms with Gasteiger partial charge in [0.25, 0.3) is 0 Å². The lowest BCUT2D eigenvalue weighted by atomic mass is 10.1. The van der Waals surface area contributed by atoms with Crippen molar-refractivity contribution in [3.05, 3.63) is 23.5 Å². The van der Waals surface area contributed by atoms with Crippen molar-refractivity contribution in [2.45, 2.75) is 26.7 Å². The van der Waals surface area contributed by atoms with Crippen LogP contribution in [0.25, 0.3) is 5.65 Å². The van der Waals surface area contributed by atoms with Crippen LogP contribution in [-0.4, -0.2) is 32.2 Å². The Hall–Kier alpha value is -2.11. The maximum Gasteiger partial charge on any atom is 0.354 e. The number of aromatic nitrogens is 3. The molecule has 0 spiro atoms. The van der Waals surface area contributed by atoms with Gasteiger partial charge in [0.2, 0.25) is 0 Å². The maximum absolute atomic E-state index is 11.0. The first-order chi connectivity index (χ1) is 8.52. The van der Waals surface area contributed by atoms with E-state index in [4.69, 9.17) is 5.11 Å². The van der Waals surface area contributed by atoms with Crippen LogP contribution in [0, 0.1) is 0 Å². The monoisotopic (exact) mass is 248 g/mol. The van der Waals surface area contributed by atoms with E-state index < -0.39 is 5.97 Å². The number of anilines is 1. The Morgan fingerprint density at radius 1 is 1.50 bits per heavy atom. The molecule has 6 heteroatoms. The molecule has 0 aromatic carbocycles. The van der Waals surface area contributed by atoms with Gasteiger partial charge >= 0.3 is 5.97 Å². The van der Waals surface area contributed by atoms with Crippen molar-refractivity contribution in [1.29, 1.82) is 0 Å². The molecule has 0 aliphatic rings. The Morgan fingerprint density at radius 2 is 2.22 bits per heavy atom. The maximum atomic E-state index is 11.0. The molecule has 0 fully saturated rings. The molecule has 0 aliphatic heterocycles. The van der Waals surface area contributed by atoms with Crippen molar-refractivity contribution in [3.8, 4) is 0 Å². The van der Waals surface area contributed by atoms with Crippen LogP contribution in [0.4, 0.5) is 5.82 Å². The van der Waals surface area contributed by atoms with E-state index in [1.807, 2.05) is 26.8 Å². The van der Waals surface area contributed by atoms with E-state index in [0.29, 0.717) is 18.0 Å². The highest BCUT2D eigenvalue weighted by molar-refractivity contribution is 5.87. The third kappa shape index (κ3) is 2.13. The Kier molecular flexibility index (Phi) is 3.18. The number of carboxylic acids is 1. The second-order valence-corrected chi connectivity index (χ2v) is 4.36. The minimum absolute atomic E-state index is 0.0219. The summed E-state index contributed by atoms with van der Waals surface area (Å²) in [7, 11) is 0. The Morgan fingerprint density at radius 3 is 2.78 bits per heavy atom. The second kappa shape index (κ2) is 4.64. The summed E-state index contributed by atoms with van der Waals surface area (Å²) in [5, 5.41) is 16.6. The quantitative estimate of drug-likeness (QED) is 0.864. The predicted molar refractivity (Wildman–Crippen MR) is 68.2 cm³/mol. The van der Waals surface area contributed by atoms with E-state index in [0.717, 1.165) is 5.69 Å². The topological polar surface area (TPSA) is 79.5 Å². The highest BCUT2D eigenvalue weighted by atomic mass is 16.4. The van der Waals surface area contributed by atoms with E-state index in [2.05, 4.69) is 15.4 Å². The van der Waals surface area contributed by atoms with Crippen LogP contribution in [0.5, 0.6) is 0 Å². The molecule has 0 saturated carbocycles. The first-order valence-electron chi connectivity index (χ1n) is 5.90. The van der Waals surface area contributed by atoms with Crippen molar-refractivity contribution in [1.82, 2.24) is 14.6 Å². The minimum atomic E-state index is -1.04. The van der Waals surface area contributed by atoms with E-state index in [1.165, 1.54) is 6.07 Å². The van der Waals surface area contributed by atoms with E-state index in [1.54, 1.807) is 4.52 Å². The third-order valence-electron chi connectivity index (χ3n) is 2.61. The summed E-state index contributed by atoms with van der Waals surface area (Å²) < 4.78 is 1.64. The number of nitrogens with zero attached hydrogens (tertiary/aromatic N) is 3. The number of hydrogen-bond donors (Lipinski definition) is 2. The highest BCUT2D eigenvalue weighted by Crippen LogP contribution is 2.18. The molecule has 0 bridgehead atoms. The van der Waals surface area contributed by atoms with E-state index >= 15 is 0 Å². The van der Waals surface area contributed by atoms with Crippen LogP contribution < -0.4 is 5.32 Å². The summed E-state index contributed by atoms with van der Waals surface area (Å²) in [6.07, 6.45) is 0. The van der Waals surface area contributed by atoms with Crippen LogP contribution in [0.15, 0.2) is 12.1 Å². The molecule has 0 aliphatic carbocycles. The minimum Gasteiger partial charge on any atom is -0.477 e. The molecule has 0 radical (unpaired) electrons. The highest BCUT2D eigenvalue weighted by Gasteiger charge is 2.14. The molecule has 2 aromatic heterocycles. The van der Waals surface area contributed by atoms with Crippen molar-refractivity contribution in [3.63, 3.8) is 0 Å². The zero-order chi connectivity index (χ0) is 13.3. The smallest absolute Gasteiger partial charge is 0.354 e. The summed E-state index contributed by atoms with van der Waals surface area (Å²) >= 11 is 0. The number of aromatic carboxylic acids is 1. The molecule has 0 unspecified atom stereocenters. The SMILES string of the molecule is CCNc1cc(C(=O)O)nc2cc(C(C)C)nn12. The van der Waals surface area contributed by atoms with Gasteiger partial charge in [-0.15, -0.1) is 0 Å². The summed E-state index contributed by atoms with van der Waals surface area (Å²) in [5.41, 5.74) is 1.47. The average Bonchev–Trinajstić information content (AvgIpc) is 2.73. The Balaban J connectivity index is 2.65. The molecule has 2 N–H and O–H groups in total. The van der Waals surface area contributed by atoms with Crippen LogP contribution >= 0.6 is 0 Å². The standard InChI is InChI=1S/C12H16N4O2/c1-4-13-10-6-9(12(17)18)14-11-5-8(7(2)3)15-16(10)11/h5-7,13H,4H2,1-3H3,(H,17,18). The molecule has 0 amide bonds. The lowest BCUT2D eigenvalue weighted by Gasteiger charge is -2.06. The normalized spacial score (nSPS) is 11.1. The lowest BCUT2D eigenvalue weighted by molar-refractivity contribution is 0.0690. The molecule has 2 aromatic rings. The van der Waals surface area contributed by atoms with Crippen LogP contribution in [0.3, 0.4) is 0 Å². The van der Waals surface area contributed by atoms with Crippen molar-refractivity contribution in [2.75, 3.05) is 11.9 Å². The summed E-state index contributed by atoms with van der Waals surface area (Å²) in [6.45, 7) is 6.70. The molecule has 0 atom stereocenters. The summed E-state index contributed by atoms with van der Waals surface area (Å²) in [6, 6.07) is 3.31. The van der Waals surface area contributed by atoms with Crippen LogP contribution in [0.1, 0.15) is 42.9 Å². The van der Waals surface area contributed by atoms with Gasteiger partial charge in [0, 0.05) is 18.7 Å². The van der Waals surface area contributed by atoms with Crippen molar-refractivity contribution in [2.24, 2.45) is 0 Å². The van der Waals surface area contributed by atoms with Gasteiger partial charge in [-0.25, -0.2) is 9.78 Å². The zero-order valence-corrected chi connectivity index (χ0v) is 10.6. The molecule has 18 heavy (non-hydrogen) atoms. The number of hydrogen-bond acceptors (Lipinski definition) is 4. The fourth-order valence-corrected chi connectivity index (χ4v) is 1.69. The first-order valence-corrected chi connectivity index (χ1v) is 5.90. The number of fused-ring (bicyclic) bond motifs is 1. The van der Waals surface area contributed by atoms with E-state index in [-0.39, 0.29) is 11.6 Å². The summed E-state index contributed by atoms with van der Waals surface area (Å²) in [5.74, 6) is -0.120. The predicted octanol–water partition coefficient (Wildman–Crippen LogP) is 1.98. The molecule has 96 valence electrons. The van der Waals surface area contributed by atoms with Gasteiger partial charge in [0.05, 0.1) is 5.69 Å². The Bertz CT molecular complexity index is 589. The molecule has 6 nitrogen and oxygen atoms in total. The molecule has 0 saturated heterocycles. The number of nitrogens with one attached hydrogen (secondary N) is 1. The van der Waals surface area contributed by atoms with Gasteiger partial charge in [0.1, 0.15) is 5.82 Å².